The van der Waals surface area contributed by atoms with Crippen LogP contribution in [-0.4, -0.2) is 6.29 Å². The first-order valence-electron chi connectivity index (χ1n) is 7.07. The van der Waals surface area contributed by atoms with Crippen LogP contribution in [0, 0.1) is 0 Å². The number of carbonyl (C=O) groups excluding carboxylic acids is 1. The van der Waals surface area contributed by atoms with E-state index in [9.17, 15) is 4.79 Å². The smallest absolute Gasteiger partial charge is 0.127 e. The quantitative estimate of drug-likeness (QED) is 0.711. The van der Waals surface area contributed by atoms with Gasteiger partial charge in [-0.1, -0.05) is 36.9 Å². The zero-order valence-corrected chi connectivity index (χ0v) is 11.4. The number of rotatable bonds is 2. The van der Waals surface area contributed by atoms with E-state index < -0.39 is 0 Å². The lowest BCUT2D eigenvalue weighted by Gasteiger charge is -2.24. The highest BCUT2D eigenvalue weighted by Crippen LogP contribution is 2.41. The van der Waals surface area contributed by atoms with Gasteiger partial charge in [0.2, 0.25) is 0 Å². The van der Waals surface area contributed by atoms with Crippen molar-refractivity contribution in [3.8, 4) is 0 Å². The fourth-order valence-corrected chi connectivity index (χ4v) is 3.89. The van der Waals surface area contributed by atoms with E-state index in [0.29, 0.717) is 5.92 Å². The number of fused-ring (bicyclic) bond motifs is 1. The highest BCUT2D eigenvalue weighted by molar-refractivity contribution is 6.31. The van der Waals surface area contributed by atoms with Gasteiger partial charge in [0.1, 0.15) is 6.29 Å². The van der Waals surface area contributed by atoms with Gasteiger partial charge in [-0.2, -0.15) is 0 Å². The zero-order valence-electron chi connectivity index (χ0n) is 10.6. The normalized spacial score (nSPS) is 23.9. The maximum atomic E-state index is 11.1. The highest BCUT2D eigenvalue weighted by atomic mass is 35.5. The summed E-state index contributed by atoms with van der Waals surface area (Å²) in [7, 11) is 0. The summed E-state index contributed by atoms with van der Waals surface area (Å²) in [5.41, 5.74) is 3.83. The molecule has 1 unspecified atom stereocenters. The minimum absolute atomic E-state index is 0.111. The summed E-state index contributed by atoms with van der Waals surface area (Å²) in [5, 5.41) is 0.923. The molecule has 2 aliphatic rings. The largest absolute Gasteiger partial charge is 0.303 e. The van der Waals surface area contributed by atoms with E-state index in [1.165, 1.54) is 48.8 Å². The Hall–Kier alpha value is -0.820. The van der Waals surface area contributed by atoms with Gasteiger partial charge in [-0.25, -0.2) is 0 Å². The predicted octanol–water partition coefficient (Wildman–Crippen LogP) is 4.62. The van der Waals surface area contributed by atoms with Gasteiger partial charge < -0.3 is 4.79 Å². The third-order valence-corrected chi connectivity index (χ3v) is 4.92. The zero-order chi connectivity index (χ0) is 12.5. The van der Waals surface area contributed by atoms with Crippen molar-refractivity contribution in [2.75, 3.05) is 0 Å². The summed E-state index contributed by atoms with van der Waals surface area (Å²) in [6.07, 6.45) is 9.56. The number of aldehydes is 1. The molecule has 0 amide bonds. The third-order valence-electron chi connectivity index (χ3n) is 4.59. The summed E-state index contributed by atoms with van der Waals surface area (Å²) in [4.78, 5) is 11.1. The Morgan fingerprint density at radius 2 is 1.83 bits per heavy atom. The van der Waals surface area contributed by atoms with Crippen molar-refractivity contribution in [2.45, 2.75) is 56.8 Å². The molecule has 0 heterocycles. The number of hydrogen-bond donors (Lipinski definition) is 0. The first kappa shape index (κ1) is 12.2. The Labute approximate surface area is 114 Å². The van der Waals surface area contributed by atoms with E-state index in [4.69, 9.17) is 11.6 Å². The molecule has 96 valence electrons. The molecule has 3 rings (SSSR count). The molecular weight excluding hydrogens is 244 g/mol. The fraction of sp³-hybridized carbons (Fsp3) is 0.562. The molecule has 0 radical (unpaired) electrons. The maximum Gasteiger partial charge on any atom is 0.127 e. The molecule has 0 aromatic heterocycles. The molecule has 1 fully saturated rings. The average Bonchev–Trinajstić information content (AvgIpc) is 2.80. The van der Waals surface area contributed by atoms with Crippen LogP contribution in [-0.2, 0) is 11.2 Å². The van der Waals surface area contributed by atoms with Crippen LogP contribution >= 0.6 is 11.6 Å². The number of halogens is 1. The maximum absolute atomic E-state index is 11.1. The summed E-state index contributed by atoms with van der Waals surface area (Å²) < 4.78 is 0. The second-order valence-electron chi connectivity index (χ2n) is 5.69. The molecule has 1 saturated carbocycles. The lowest BCUT2D eigenvalue weighted by atomic mass is 9.82. The van der Waals surface area contributed by atoms with Gasteiger partial charge in [-0.15, -0.1) is 0 Å². The first-order valence-corrected chi connectivity index (χ1v) is 7.45. The summed E-state index contributed by atoms with van der Waals surface area (Å²) in [5.74, 6) is 0.726. The van der Waals surface area contributed by atoms with E-state index in [-0.39, 0.29) is 5.92 Å². The van der Waals surface area contributed by atoms with Crippen molar-refractivity contribution in [1.29, 1.82) is 0 Å². The van der Waals surface area contributed by atoms with Crippen LogP contribution in [0.25, 0.3) is 0 Å². The Bertz CT molecular complexity index is 460. The molecule has 0 bridgehead atoms. The molecule has 18 heavy (non-hydrogen) atoms. The van der Waals surface area contributed by atoms with Crippen molar-refractivity contribution in [3.05, 3.63) is 33.8 Å². The Balaban J connectivity index is 1.97. The number of aryl methyl sites for hydroxylation is 1. The highest BCUT2D eigenvalue weighted by Gasteiger charge is 2.26. The van der Waals surface area contributed by atoms with E-state index in [0.717, 1.165) is 24.2 Å². The molecule has 0 N–H and O–H groups in total. The standard InChI is InChI=1S/C16H19ClO/c17-16-8-12-6-7-13(10-18)14(12)9-15(16)11-4-2-1-3-5-11/h8-11,13H,1-7H2. The minimum atomic E-state index is 0.111. The van der Waals surface area contributed by atoms with Crippen LogP contribution in [0.4, 0.5) is 0 Å². The molecule has 1 nitrogen and oxygen atoms in total. The molecule has 0 spiro atoms. The third kappa shape index (κ3) is 2.09. The van der Waals surface area contributed by atoms with Crippen molar-refractivity contribution in [1.82, 2.24) is 0 Å². The molecule has 1 aromatic rings. The predicted molar refractivity (Wildman–Crippen MR) is 74.4 cm³/mol. The monoisotopic (exact) mass is 262 g/mol. The van der Waals surface area contributed by atoms with Gasteiger partial charge in [-0.05, 0) is 54.4 Å². The van der Waals surface area contributed by atoms with Crippen LogP contribution in [0.5, 0.6) is 0 Å². The van der Waals surface area contributed by atoms with Crippen molar-refractivity contribution >= 4 is 17.9 Å². The van der Waals surface area contributed by atoms with Crippen LogP contribution in [0.15, 0.2) is 12.1 Å². The summed E-state index contributed by atoms with van der Waals surface area (Å²) >= 11 is 6.44. The van der Waals surface area contributed by atoms with Crippen LogP contribution in [0.2, 0.25) is 5.02 Å². The molecular formula is C16H19ClO. The SMILES string of the molecule is O=CC1CCc2cc(Cl)c(C3CCCCC3)cc21. The number of carbonyl (C=O) groups is 1. The lowest BCUT2D eigenvalue weighted by molar-refractivity contribution is -0.109. The van der Waals surface area contributed by atoms with Gasteiger partial charge in [0.25, 0.3) is 0 Å². The van der Waals surface area contributed by atoms with E-state index in [1.807, 2.05) is 0 Å². The molecule has 1 aromatic carbocycles. The van der Waals surface area contributed by atoms with E-state index in [2.05, 4.69) is 12.1 Å². The Morgan fingerprint density at radius 3 is 2.56 bits per heavy atom. The van der Waals surface area contributed by atoms with Crippen LogP contribution in [0.1, 0.15) is 67.1 Å². The number of benzene rings is 1. The summed E-state index contributed by atoms with van der Waals surface area (Å²) in [6.45, 7) is 0. The van der Waals surface area contributed by atoms with Crippen LogP contribution in [0.3, 0.4) is 0 Å². The fourth-order valence-electron chi connectivity index (χ4n) is 3.54. The van der Waals surface area contributed by atoms with Crippen molar-refractivity contribution < 1.29 is 4.79 Å². The van der Waals surface area contributed by atoms with Crippen molar-refractivity contribution in [3.63, 3.8) is 0 Å². The molecule has 1 atom stereocenters. The molecule has 2 heteroatoms. The minimum Gasteiger partial charge on any atom is -0.303 e. The van der Waals surface area contributed by atoms with E-state index >= 15 is 0 Å². The van der Waals surface area contributed by atoms with Gasteiger partial charge >= 0.3 is 0 Å². The van der Waals surface area contributed by atoms with Crippen LogP contribution < -0.4 is 0 Å². The topological polar surface area (TPSA) is 17.1 Å². The molecule has 2 aliphatic carbocycles. The van der Waals surface area contributed by atoms with Gasteiger partial charge in [0.15, 0.2) is 0 Å². The molecule has 0 aliphatic heterocycles. The first-order chi connectivity index (χ1) is 8.79. The summed E-state index contributed by atoms with van der Waals surface area (Å²) in [6, 6.07) is 4.35. The molecule has 0 saturated heterocycles. The van der Waals surface area contributed by atoms with E-state index in [1.54, 1.807) is 0 Å². The Morgan fingerprint density at radius 1 is 1.06 bits per heavy atom. The Kier molecular flexibility index (Phi) is 3.43. The average molecular weight is 263 g/mol. The lowest BCUT2D eigenvalue weighted by Crippen LogP contribution is -2.06. The van der Waals surface area contributed by atoms with Gasteiger partial charge in [-0.3, -0.25) is 0 Å². The second kappa shape index (κ2) is 5.05. The van der Waals surface area contributed by atoms with Gasteiger partial charge in [0.05, 0.1) is 0 Å². The number of hydrogen-bond acceptors (Lipinski definition) is 1. The van der Waals surface area contributed by atoms with Crippen molar-refractivity contribution in [2.24, 2.45) is 0 Å². The second-order valence-corrected chi connectivity index (χ2v) is 6.10. The van der Waals surface area contributed by atoms with Gasteiger partial charge in [0, 0.05) is 10.9 Å².